The molecule has 1 aromatic rings. The average molecular weight is 255 g/mol. The van der Waals surface area contributed by atoms with Crippen molar-refractivity contribution >= 4 is 17.5 Å². The molecule has 0 aliphatic carbocycles. The van der Waals surface area contributed by atoms with Gasteiger partial charge >= 0.3 is 0 Å². The van der Waals surface area contributed by atoms with E-state index >= 15 is 0 Å². The Morgan fingerprint density at radius 1 is 1.53 bits per heavy atom. The molecule has 0 saturated carbocycles. The number of rotatable bonds is 6. The maximum Gasteiger partial charge on any atom is 0.223 e. The van der Waals surface area contributed by atoms with Crippen molar-refractivity contribution in [3.63, 3.8) is 0 Å². The monoisotopic (exact) mass is 254 g/mol. The summed E-state index contributed by atoms with van der Waals surface area (Å²) in [5, 5.41) is 0. The molecule has 0 atom stereocenters. The van der Waals surface area contributed by atoms with Crippen molar-refractivity contribution in [2.75, 3.05) is 5.88 Å². The summed E-state index contributed by atoms with van der Waals surface area (Å²) in [4.78, 5) is 17.9. The van der Waals surface area contributed by atoms with Gasteiger partial charge in [0.05, 0.1) is 0 Å². The zero-order valence-corrected chi connectivity index (χ0v) is 11.2. The number of halogens is 1. The predicted octanol–water partition coefficient (Wildman–Crippen LogP) is 2.84. The Labute approximate surface area is 108 Å². The molecule has 0 radical (unpaired) electrons. The Hall–Kier alpha value is -1.09. The Bertz CT molecular complexity index is 341. The van der Waals surface area contributed by atoms with Gasteiger partial charge in [-0.15, -0.1) is 11.6 Å². The van der Waals surface area contributed by atoms with Crippen LogP contribution >= 0.6 is 11.6 Å². The van der Waals surface area contributed by atoms with Crippen LogP contribution in [0, 0.1) is 0 Å². The molecule has 0 aliphatic rings. The third-order valence-corrected chi connectivity index (χ3v) is 2.81. The molecule has 0 fully saturated rings. The second-order valence-electron chi connectivity index (χ2n) is 4.27. The van der Waals surface area contributed by atoms with Crippen LogP contribution in [0.2, 0.25) is 0 Å². The number of carbonyl (C=O) groups excluding carboxylic acids is 1. The zero-order valence-electron chi connectivity index (χ0n) is 10.4. The maximum absolute atomic E-state index is 12.0. The van der Waals surface area contributed by atoms with E-state index in [-0.39, 0.29) is 11.9 Å². The summed E-state index contributed by atoms with van der Waals surface area (Å²) in [5.41, 5.74) is 1.06. The molecule has 0 N–H and O–H groups in total. The van der Waals surface area contributed by atoms with Crippen LogP contribution in [-0.4, -0.2) is 27.7 Å². The van der Waals surface area contributed by atoms with Crippen molar-refractivity contribution in [3.05, 3.63) is 30.1 Å². The largest absolute Gasteiger partial charge is 0.336 e. The minimum atomic E-state index is 0.157. The van der Waals surface area contributed by atoms with Crippen LogP contribution < -0.4 is 0 Å². The Morgan fingerprint density at radius 3 is 2.82 bits per heavy atom. The van der Waals surface area contributed by atoms with Crippen molar-refractivity contribution < 1.29 is 4.79 Å². The summed E-state index contributed by atoms with van der Waals surface area (Å²) in [7, 11) is 0. The van der Waals surface area contributed by atoms with Gasteiger partial charge in [0.25, 0.3) is 0 Å². The molecule has 17 heavy (non-hydrogen) atoms. The summed E-state index contributed by atoms with van der Waals surface area (Å²) in [5.74, 6) is 0.689. The summed E-state index contributed by atoms with van der Waals surface area (Å²) in [6.45, 7) is 4.66. The zero-order chi connectivity index (χ0) is 12.7. The highest BCUT2D eigenvalue weighted by Crippen LogP contribution is 2.10. The van der Waals surface area contributed by atoms with Crippen molar-refractivity contribution in [2.45, 2.75) is 39.3 Å². The van der Waals surface area contributed by atoms with Crippen LogP contribution in [0.15, 0.2) is 24.5 Å². The lowest BCUT2D eigenvalue weighted by Gasteiger charge is -2.26. The van der Waals surface area contributed by atoms with Crippen LogP contribution in [0.3, 0.4) is 0 Å². The van der Waals surface area contributed by atoms with Gasteiger partial charge in [-0.1, -0.05) is 6.07 Å². The summed E-state index contributed by atoms with van der Waals surface area (Å²) < 4.78 is 0. The molecule has 0 aromatic carbocycles. The molecule has 1 rings (SSSR count). The van der Waals surface area contributed by atoms with Crippen molar-refractivity contribution in [1.82, 2.24) is 9.88 Å². The first-order valence-corrected chi connectivity index (χ1v) is 6.43. The van der Waals surface area contributed by atoms with E-state index in [9.17, 15) is 4.79 Å². The van der Waals surface area contributed by atoms with Crippen LogP contribution in [-0.2, 0) is 11.3 Å². The van der Waals surface area contributed by atoms with Gasteiger partial charge in [-0.05, 0) is 31.9 Å². The Morgan fingerprint density at radius 2 is 2.29 bits per heavy atom. The molecule has 1 heterocycles. The summed E-state index contributed by atoms with van der Waals surface area (Å²) in [6.07, 6.45) is 4.78. The smallest absolute Gasteiger partial charge is 0.223 e. The van der Waals surface area contributed by atoms with E-state index < -0.39 is 0 Å². The van der Waals surface area contributed by atoms with E-state index in [1.807, 2.05) is 30.9 Å². The second-order valence-corrected chi connectivity index (χ2v) is 4.65. The lowest BCUT2D eigenvalue weighted by Crippen LogP contribution is -2.36. The highest BCUT2D eigenvalue weighted by Gasteiger charge is 2.16. The Balaban J connectivity index is 2.63. The van der Waals surface area contributed by atoms with Gasteiger partial charge in [-0.2, -0.15) is 0 Å². The van der Waals surface area contributed by atoms with Gasteiger partial charge in [-0.3, -0.25) is 9.78 Å². The van der Waals surface area contributed by atoms with Gasteiger partial charge in [0.1, 0.15) is 0 Å². The molecule has 1 amide bonds. The maximum atomic E-state index is 12.0. The van der Waals surface area contributed by atoms with Crippen molar-refractivity contribution in [2.24, 2.45) is 0 Å². The number of alkyl halides is 1. The number of pyridine rings is 1. The average Bonchev–Trinajstić information content (AvgIpc) is 2.34. The van der Waals surface area contributed by atoms with Gasteiger partial charge in [0, 0.05) is 37.3 Å². The summed E-state index contributed by atoms with van der Waals surface area (Å²) in [6, 6.07) is 4.06. The van der Waals surface area contributed by atoms with E-state index in [4.69, 9.17) is 11.6 Å². The SMILES string of the molecule is CC(C)N(Cc1cccnc1)C(=O)CCCCl. The molecule has 0 aliphatic heterocycles. The number of aromatic nitrogens is 1. The molecule has 1 aromatic heterocycles. The first kappa shape index (κ1) is 14.0. The van der Waals surface area contributed by atoms with Crippen molar-refractivity contribution in [1.29, 1.82) is 0 Å². The number of hydrogen-bond donors (Lipinski definition) is 0. The molecule has 0 unspecified atom stereocenters. The van der Waals surface area contributed by atoms with E-state index in [0.717, 1.165) is 12.0 Å². The number of hydrogen-bond acceptors (Lipinski definition) is 2. The van der Waals surface area contributed by atoms with E-state index in [1.54, 1.807) is 12.4 Å². The molecule has 94 valence electrons. The number of nitrogens with zero attached hydrogens (tertiary/aromatic N) is 2. The fraction of sp³-hybridized carbons (Fsp3) is 0.538. The molecule has 3 nitrogen and oxygen atoms in total. The topological polar surface area (TPSA) is 33.2 Å². The molecule has 0 spiro atoms. The first-order valence-electron chi connectivity index (χ1n) is 5.89. The fourth-order valence-corrected chi connectivity index (χ4v) is 1.74. The minimum absolute atomic E-state index is 0.157. The van der Waals surface area contributed by atoms with Crippen LogP contribution in [0.1, 0.15) is 32.3 Å². The summed E-state index contributed by atoms with van der Waals surface area (Å²) >= 11 is 5.61. The third-order valence-electron chi connectivity index (χ3n) is 2.54. The van der Waals surface area contributed by atoms with E-state index in [0.29, 0.717) is 18.8 Å². The first-order chi connectivity index (χ1) is 8.15. The third kappa shape index (κ3) is 4.73. The lowest BCUT2D eigenvalue weighted by atomic mass is 10.2. The molecular weight excluding hydrogens is 236 g/mol. The molecule has 4 heteroatoms. The van der Waals surface area contributed by atoms with Gasteiger partial charge in [-0.25, -0.2) is 0 Å². The van der Waals surface area contributed by atoms with Crippen molar-refractivity contribution in [3.8, 4) is 0 Å². The highest BCUT2D eigenvalue weighted by molar-refractivity contribution is 6.17. The van der Waals surface area contributed by atoms with Crippen LogP contribution in [0.5, 0.6) is 0 Å². The molecular formula is C13H19ClN2O. The van der Waals surface area contributed by atoms with Gasteiger partial charge in [0.15, 0.2) is 0 Å². The molecule has 0 saturated heterocycles. The van der Waals surface area contributed by atoms with E-state index in [1.165, 1.54) is 0 Å². The predicted molar refractivity (Wildman–Crippen MR) is 69.9 cm³/mol. The standard InChI is InChI=1S/C13H19ClN2O/c1-11(2)16(13(17)6-3-7-14)10-12-5-4-8-15-9-12/h4-5,8-9,11H,3,6-7,10H2,1-2H3. The van der Waals surface area contributed by atoms with Gasteiger partial charge < -0.3 is 4.90 Å². The number of amides is 1. The highest BCUT2D eigenvalue weighted by atomic mass is 35.5. The normalized spacial score (nSPS) is 10.6. The quantitative estimate of drug-likeness (QED) is 0.732. The lowest BCUT2D eigenvalue weighted by molar-refractivity contribution is -0.133. The fourth-order valence-electron chi connectivity index (χ4n) is 1.61. The minimum Gasteiger partial charge on any atom is -0.336 e. The van der Waals surface area contributed by atoms with Crippen LogP contribution in [0.25, 0.3) is 0 Å². The van der Waals surface area contributed by atoms with Crippen LogP contribution in [0.4, 0.5) is 0 Å². The second kappa shape index (κ2) is 7.28. The molecule has 0 bridgehead atoms. The van der Waals surface area contributed by atoms with Gasteiger partial charge in [0.2, 0.25) is 5.91 Å². The van der Waals surface area contributed by atoms with E-state index in [2.05, 4.69) is 4.98 Å². The Kier molecular flexibility index (Phi) is 5.98. The number of carbonyl (C=O) groups is 1.